The molecular formula is C26H32ClN5O3. The van der Waals surface area contributed by atoms with Crippen LogP contribution in [0.4, 0.5) is 16.3 Å². The van der Waals surface area contributed by atoms with Gasteiger partial charge in [-0.05, 0) is 82.2 Å². The first-order valence-corrected chi connectivity index (χ1v) is 12.7. The zero-order valence-corrected chi connectivity index (χ0v) is 21.2. The van der Waals surface area contributed by atoms with Gasteiger partial charge in [0.1, 0.15) is 5.60 Å². The summed E-state index contributed by atoms with van der Waals surface area (Å²) in [5, 5.41) is 11.5. The molecule has 2 aromatic rings. The lowest BCUT2D eigenvalue weighted by Gasteiger charge is -2.39. The average molecular weight is 498 g/mol. The lowest BCUT2D eigenvalue weighted by atomic mass is 9.85. The SMILES string of the molecule is CC(C)(C)OC(=O)N1C2CCC1CC(c1ccc(N(C(=O)C3CNC3)c3ccc(Cl)nn3)cc1)C2. The van der Waals surface area contributed by atoms with E-state index in [0.717, 1.165) is 31.4 Å². The van der Waals surface area contributed by atoms with Gasteiger partial charge >= 0.3 is 6.09 Å². The molecule has 3 saturated heterocycles. The third kappa shape index (κ3) is 5.00. The molecule has 1 aromatic heterocycles. The fourth-order valence-corrected chi connectivity index (χ4v) is 5.50. The Morgan fingerprint density at radius 3 is 2.20 bits per heavy atom. The Hall–Kier alpha value is -2.71. The number of aromatic nitrogens is 2. The van der Waals surface area contributed by atoms with Crippen molar-refractivity contribution < 1.29 is 14.3 Å². The number of hydrogen-bond acceptors (Lipinski definition) is 6. The minimum Gasteiger partial charge on any atom is -0.444 e. The highest BCUT2D eigenvalue weighted by atomic mass is 35.5. The summed E-state index contributed by atoms with van der Waals surface area (Å²) in [6, 6.07) is 12.0. The Kier molecular flexibility index (Phi) is 6.44. The normalized spacial score (nSPS) is 24.1. The molecule has 3 aliphatic rings. The maximum atomic E-state index is 13.2. The highest BCUT2D eigenvalue weighted by Gasteiger charge is 2.45. The number of nitrogens with one attached hydrogen (secondary N) is 1. The summed E-state index contributed by atoms with van der Waals surface area (Å²) >= 11 is 5.92. The number of fused-ring (bicyclic) bond motifs is 2. The van der Waals surface area contributed by atoms with Crippen LogP contribution in [-0.4, -0.2) is 57.9 Å². The van der Waals surface area contributed by atoms with E-state index in [1.165, 1.54) is 5.56 Å². The fraction of sp³-hybridized carbons (Fsp3) is 0.538. The third-order valence-corrected chi connectivity index (χ3v) is 7.36. The van der Waals surface area contributed by atoms with E-state index in [1.807, 2.05) is 37.8 Å². The third-order valence-electron chi connectivity index (χ3n) is 7.16. The van der Waals surface area contributed by atoms with Gasteiger partial charge in [0.15, 0.2) is 11.0 Å². The van der Waals surface area contributed by atoms with Crippen molar-refractivity contribution in [2.24, 2.45) is 5.92 Å². The van der Waals surface area contributed by atoms with Crippen LogP contribution in [0.2, 0.25) is 5.15 Å². The molecule has 0 radical (unpaired) electrons. The molecule has 1 aromatic carbocycles. The highest BCUT2D eigenvalue weighted by molar-refractivity contribution is 6.29. The molecule has 0 saturated carbocycles. The Labute approximate surface area is 211 Å². The molecule has 5 rings (SSSR count). The molecule has 8 nitrogen and oxygen atoms in total. The molecule has 1 N–H and O–H groups in total. The first-order valence-electron chi connectivity index (χ1n) is 12.3. The molecule has 3 fully saturated rings. The number of amides is 2. The summed E-state index contributed by atoms with van der Waals surface area (Å²) in [6.45, 7) is 7.05. The number of piperidine rings is 1. The molecule has 35 heavy (non-hydrogen) atoms. The fourth-order valence-electron chi connectivity index (χ4n) is 5.40. The Bertz CT molecular complexity index is 1070. The van der Waals surface area contributed by atoms with E-state index in [1.54, 1.807) is 17.0 Å². The number of rotatable bonds is 4. The Morgan fingerprint density at radius 1 is 1.03 bits per heavy atom. The van der Waals surface area contributed by atoms with E-state index in [0.29, 0.717) is 24.8 Å². The average Bonchev–Trinajstić information content (AvgIpc) is 3.03. The van der Waals surface area contributed by atoms with Crippen LogP contribution in [0.1, 0.15) is 57.9 Å². The summed E-state index contributed by atoms with van der Waals surface area (Å²) in [6.07, 6.45) is 3.70. The molecule has 9 heteroatoms. The number of carbonyl (C=O) groups is 2. The van der Waals surface area contributed by atoms with Crippen molar-refractivity contribution in [2.45, 2.75) is 70.1 Å². The monoisotopic (exact) mass is 497 g/mol. The number of hydrogen-bond donors (Lipinski definition) is 1. The van der Waals surface area contributed by atoms with Gasteiger partial charge in [0.2, 0.25) is 5.91 Å². The largest absolute Gasteiger partial charge is 0.444 e. The van der Waals surface area contributed by atoms with E-state index >= 15 is 0 Å². The lowest BCUT2D eigenvalue weighted by Crippen LogP contribution is -2.51. The summed E-state index contributed by atoms with van der Waals surface area (Å²) in [4.78, 5) is 29.6. The number of halogens is 1. The van der Waals surface area contributed by atoms with Crippen molar-refractivity contribution in [3.8, 4) is 0 Å². The van der Waals surface area contributed by atoms with Crippen LogP contribution in [0.5, 0.6) is 0 Å². The minimum absolute atomic E-state index is 0.00293. The summed E-state index contributed by atoms with van der Waals surface area (Å²) in [5.74, 6) is 0.745. The number of ether oxygens (including phenoxy) is 1. The maximum absolute atomic E-state index is 13.2. The standard InChI is InChI=1S/C26H32ClN5O3/c1-26(2,3)35-25(34)31-20-8-9-21(31)13-17(12-20)16-4-6-19(7-5-16)32(24(33)18-14-28-15-18)23-11-10-22(27)29-30-23/h4-7,10-11,17-18,20-21,28H,8-9,12-15H2,1-3H3. The van der Waals surface area contributed by atoms with Gasteiger partial charge in [-0.3, -0.25) is 9.69 Å². The minimum atomic E-state index is -0.490. The summed E-state index contributed by atoms with van der Waals surface area (Å²) < 4.78 is 5.67. The number of benzene rings is 1. The predicted octanol–water partition coefficient (Wildman–Crippen LogP) is 4.66. The second kappa shape index (κ2) is 9.39. The van der Waals surface area contributed by atoms with E-state index < -0.39 is 5.60 Å². The van der Waals surface area contributed by atoms with Crippen LogP contribution in [0.25, 0.3) is 0 Å². The van der Waals surface area contributed by atoms with Gasteiger partial charge in [-0.25, -0.2) is 4.79 Å². The summed E-state index contributed by atoms with van der Waals surface area (Å²) in [7, 11) is 0. The molecule has 0 aliphatic carbocycles. The molecule has 2 bridgehead atoms. The topological polar surface area (TPSA) is 87.7 Å². The van der Waals surface area contributed by atoms with Crippen molar-refractivity contribution in [2.75, 3.05) is 18.0 Å². The Morgan fingerprint density at radius 2 is 1.69 bits per heavy atom. The van der Waals surface area contributed by atoms with Gasteiger partial charge in [-0.2, -0.15) is 0 Å². The van der Waals surface area contributed by atoms with Crippen molar-refractivity contribution in [3.63, 3.8) is 0 Å². The smallest absolute Gasteiger partial charge is 0.410 e. The van der Waals surface area contributed by atoms with Crippen LogP contribution in [0.3, 0.4) is 0 Å². The van der Waals surface area contributed by atoms with Gasteiger partial charge in [-0.15, -0.1) is 10.2 Å². The lowest BCUT2D eigenvalue weighted by molar-refractivity contribution is -0.123. The van der Waals surface area contributed by atoms with Gasteiger partial charge in [0.05, 0.1) is 11.6 Å². The zero-order valence-electron chi connectivity index (χ0n) is 20.4. The number of anilines is 2. The van der Waals surface area contributed by atoms with E-state index in [2.05, 4.69) is 27.6 Å². The molecule has 3 aliphatic heterocycles. The van der Waals surface area contributed by atoms with E-state index in [9.17, 15) is 9.59 Å². The number of carbonyl (C=O) groups excluding carboxylic acids is 2. The zero-order chi connectivity index (χ0) is 24.7. The van der Waals surface area contributed by atoms with Gasteiger partial charge < -0.3 is 15.0 Å². The van der Waals surface area contributed by atoms with Crippen LogP contribution in [0, 0.1) is 5.92 Å². The van der Waals surface area contributed by atoms with E-state index in [-0.39, 0.29) is 35.2 Å². The second-order valence-corrected chi connectivity index (χ2v) is 11.2. The van der Waals surface area contributed by atoms with Crippen LogP contribution in [0.15, 0.2) is 36.4 Å². The first kappa shape index (κ1) is 24.0. The van der Waals surface area contributed by atoms with Crippen LogP contribution in [-0.2, 0) is 9.53 Å². The summed E-state index contributed by atoms with van der Waals surface area (Å²) in [5.41, 5.74) is 1.50. The van der Waals surface area contributed by atoms with Crippen molar-refractivity contribution in [1.29, 1.82) is 0 Å². The molecule has 4 heterocycles. The van der Waals surface area contributed by atoms with Crippen molar-refractivity contribution in [1.82, 2.24) is 20.4 Å². The second-order valence-electron chi connectivity index (χ2n) is 10.8. The highest BCUT2D eigenvalue weighted by Crippen LogP contribution is 2.44. The number of nitrogens with zero attached hydrogens (tertiary/aromatic N) is 4. The molecule has 2 atom stereocenters. The van der Waals surface area contributed by atoms with E-state index in [4.69, 9.17) is 16.3 Å². The molecule has 2 unspecified atom stereocenters. The molecule has 2 amide bonds. The van der Waals surface area contributed by atoms with Gasteiger partial charge in [-0.1, -0.05) is 23.7 Å². The van der Waals surface area contributed by atoms with Crippen molar-refractivity contribution >= 4 is 35.1 Å². The quantitative estimate of drug-likeness (QED) is 0.661. The molecule has 186 valence electrons. The van der Waals surface area contributed by atoms with Gasteiger partial charge in [0.25, 0.3) is 0 Å². The molecule has 0 spiro atoms. The van der Waals surface area contributed by atoms with Crippen molar-refractivity contribution in [3.05, 3.63) is 47.1 Å². The van der Waals surface area contributed by atoms with Gasteiger partial charge in [0, 0.05) is 25.2 Å². The predicted molar refractivity (Wildman–Crippen MR) is 134 cm³/mol. The van der Waals surface area contributed by atoms with Crippen LogP contribution < -0.4 is 10.2 Å². The molecular weight excluding hydrogens is 466 g/mol. The maximum Gasteiger partial charge on any atom is 0.410 e. The first-order chi connectivity index (χ1) is 16.7. The van der Waals surface area contributed by atoms with Crippen LogP contribution >= 0.6 is 11.6 Å². The Balaban J connectivity index is 1.33.